The van der Waals surface area contributed by atoms with Gasteiger partial charge in [0.15, 0.2) is 5.82 Å². The van der Waals surface area contributed by atoms with Crippen LogP contribution in [0.5, 0.6) is 0 Å². The minimum absolute atomic E-state index is 0.188. The van der Waals surface area contributed by atoms with Crippen LogP contribution in [0.4, 0.5) is 16.3 Å². The van der Waals surface area contributed by atoms with Crippen LogP contribution in [0.15, 0.2) is 42.9 Å². The second-order valence-corrected chi connectivity index (χ2v) is 5.89. The van der Waals surface area contributed by atoms with E-state index in [2.05, 4.69) is 15.3 Å². The van der Waals surface area contributed by atoms with Gasteiger partial charge in [-0.1, -0.05) is 0 Å². The molecular formula is C18H21N5O3. The van der Waals surface area contributed by atoms with Gasteiger partial charge in [0.2, 0.25) is 0 Å². The molecule has 1 atom stereocenters. The number of anilines is 2. The highest BCUT2D eigenvalue weighted by atomic mass is 16.5. The van der Waals surface area contributed by atoms with Crippen LogP contribution in [0.2, 0.25) is 0 Å². The van der Waals surface area contributed by atoms with E-state index in [4.69, 9.17) is 4.74 Å². The van der Waals surface area contributed by atoms with Crippen LogP contribution >= 0.6 is 0 Å². The minimum Gasteiger partial charge on any atom is -0.383 e. The Balaban J connectivity index is 1.84. The van der Waals surface area contributed by atoms with Gasteiger partial charge in [0.05, 0.1) is 18.8 Å². The van der Waals surface area contributed by atoms with Gasteiger partial charge in [-0.25, -0.2) is 9.78 Å². The Morgan fingerprint density at radius 3 is 2.77 bits per heavy atom. The second-order valence-electron chi connectivity index (χ2n) is 5.89. The van der Waals surface area contributed by atoms with Gasteiger partial charge in [-0.3, -0.25) is 19.6 Å². The van der Waals surface area contributed by atoms with Crippen LogP contribution in [0, 0.1) is 0 Å². The number of carbonyl (C=O) groups excluding carboxylic acids is 2. The van der Waals surface area contributed by atoms with E-state index in [-0.39, 0.29) is 11.9 Å². The standard InChI is InChI=1S/C18H21N5O3/c1-13-17(24)22(10-11-26-2)16-15(4-3-7-20-16)23(13)18(25)21-12-14-5-8-19-9-6-14/h3-9,13H,10-12H2,1-2H3,(H,21,25). The SMILES string of the molecule is COCCN1C(=O)C(C)N(C(=O)NCc2ccncc2)c2cccnc21. The number of carbonyl (C=O) groups is 2. The fourth-order valence-electron chi connectivity index (χ4n) is 2.88. The number of methoxy groups -OCH3 is 1. The lowest BCUT2D eigenvalue weighted by Gasteiger charge is -2.39. The van der Waals surface area contributed by atoms with Crippen LogP contribution in [0.25, 0.3) is 0 Å². The number of urea groups is 1. The van der Waals surface area contributed by atoms with Crippen LogP contribution in [-0.4, -0.2) is 48.2 Å². The van der Waals surface area contributed by atoms with Crippen LogP contribution in [-0.2, 0) is 16.1 Å². The number of nitrogens with one attached hydrogen (secondary N) is 1. The maximum atomic E-state index is 12.8. The third kappa shape index (κ3) is 3.50. The van der Waals surface area contributed by atoms with E-state index in [1.807, 2.05) is 12.1 Å². The summed E-state index contributed by atoms with van der Waals surface area (Å²) in [5.74, 6) is 0.277. The Morgan fingerprint density at radius 2 is 2.04 bits per heavy atom. The summed E-state index contributed by atoms with van der Waals surface area (Å²) in [6.45, 7) is 2.84. The van der Waals surface area contributed by atoms with Gasteiger partial charge < -0.3 is 10.1 Å². The first kappa shape index (κ1) is 17.8. The number of nitrogens with zero attached hydrogens (tertiary/aromatic N) is 4. The van der Waals surface area contributed by atoms with Gasteiger partial charge in [-0.05, 0) is 36.8 Å². The molecule has 0 fully saturated rings. The molecule has 0 saturated heterocycles. The summed E-state index contributed by atoms with van der Waals surface area (Å²) in [5, 5.41) is 2.85. The normalized spacial score (nSPS) is 16.4. The summed E-state index contributed by atoms with van der Waals surface area (Å²) in [6.07, 6.45) is 4.94. The highest BCUT2D eigenvalue weighted by Crippen LogP contribution is 2.33. The zero-order chi connectivity index (χ0) is 18.5. The first-order valence-electron chi connectivity index (χ1n) is 8.34. The molecule has 136 valence electrons. The number of amides is 3. The molecule has 8 heteroatoms. The minimum atomic E-state index is -0.638. The van der Waals surface area contributed by atoms with E-state index in [9.17, 15) is 9.59 Å². The van der Waals surface area contributed by atoms with Crippen molar-refractivity contribution >= 4 is 23.4 Å². The maximum absolute atomic E-state index is 12.8. The summed E-state index contributed by atoms with van der Waals surface area (Å²) < 4.78 is 5.09. The molecule has 0 radical (unpaired) electrons. The molecule has 8 nitrogen and oxygen atoms in total. The molecule has 0 aliphatic carbocycles. The maximum Gasteiger partial charge on any atom is 0.323 e. The number of rotatable bonds is 5. The summed E-state index contributed by atoms with van der Waals surface area (Å²) in [4.78, 5) is 36.9. The van der Waals surface area contributed by atoms with E-state index in [1.165, 1.54) is 4.90 Å². The first-order valence-corrected chi connectivity index (χ1v) is 8.34. The lowest BCUT2D eigenvalue weighted by molar-refractivity contribution is -0.119. The molecule has 1 unspecified atom stereocenters. The van der Waals surface area contributed by atoms with E-state index >= 15 is 0 Å². The van der Waals surface area contributed by atoms with Gasteiger partial charge in [0, 0.05) is 32.2 Å². The summed E-state index contributed by atoms with van der Waals surface area (Å²) >= 11 is 0. The number of fused-ring (bicyclic) bond motifs is 1. The topological polar surface area (TPSA) is 87.7 Å². The monoisotopic (exact) mass is 355 g/mol. The van der Waals surface area contributed by atoms with Crippen LogP contribution in [0.3, 0.4) is 0 Å². The summed E-state index contributed by atoms with van der Waals surface area (Å²) in [7, 11) is 1.58. The molecule has 3 rings (SSSR count). The van der Waals surface area contributed by atoms with Crippen molar-refractivity contribution in [2.75, 3.05) is 30.1 Å². The third-order valence-electron chi connectivity index (χ3n) is 4.22. The lowest BCUT2D eigenvalue weighted by atomic mass is 10.1. The average molecular weight is 355 g/mol. The summed E-state index contributed by atoms with van der Waals surface area (Å²) in [5.41, 5.74) is 1.53. The molecule has 0 saturated carbocycles. The fraction of sp³-hybridized carbons (Fsp3) is 0.333. The summed E-state index contributed by atoms with van der Waals surface area (Å²) in [6, 6.07) is 6.21. The van der Waals surface area contributed by atoms with Gasteiger partial charge in [-0.15, -0.1) is 0 Å². The molecule has 3 amide bonds. The van der Waals surface area contributed by atoms with Crippen molar-refractivity contribution in [3.8, 4) is 0 Å². The van der Waals surface area contributed by atoms with E-state index in [0.29, 0.717) is 31.2 Å². The van der Waals surface area contributed by atoms with Crippen LogP contribution in [0.1, 0.15) is 12.5 Å². The van der Waals surface area contributed by atoms with Gasteiger partial charge >= 0.3 is 6.03 Å². The molecule has 26 heavy (non-hydrogen) atoms. The van der Waals surface area contributed by atoms with Crippen molar-refractivity contribution in [3.63, 3.8) is 0 Å². The molecule has 3 heterocycles. The molecule has 2 aromatic rings. The fourth-order valence-corrected chi connectivity index (χ4v) is 2.88. The molecule has 2 aromatic heterocycles. The Bertz CT molecular complexity index is 783. The predicted octanol–water partition coefficient (Wildman–Crippen LogP) is 1.57. The number of hydrogen-bond acceptors (Lipinski definition) is 5. The van der Waals surface area contributed by atoms with Crippen LogP contribution < -0.4 is 15.1 Å². The quantitative estimate of drug-likeness (QED) is 0.880. The van der Waals surface area contributed by atoms with E-state index in [0.717, 1.165) is 5.56 Å². The van der Waals surface area contributed by atoms with Crippen molar-refractivity contribution in [1.29, 1.82) is 0 Å². The van der Waals surface area contributed by atoms with E-state index < -0.39 is 6.04 Å². The number of aromatic nitrogens is 2. The Morgan fingerprint density at radius 1 is 1.27 bits per heavy atom. The molecule has 1 aliphatic heterocycles. The average Bonchev–Trinajstić information content (AvgIpc) is 2.67. The highest BCUT2D eigenvalue weighted by molar-refractivity contribution is 6.11. The second kappa shape index (κ2) is 7.92. The predicted molar refractivity (Wildman–Crippen MR) is 96.9 cm³/mol. The molecule has 0 bridgehead atoms. The largest absolute Gasteiger partial charge is 0.383 e. The number of pyridine rings is 2. The van der Waals surface area contributed by atoms with Crippen molar-refractivity contribution in [3.05, 3.63) is 48.4 Å². The highest BCUT2D eigenvalue weighted by Gasteiger charge is 2.39. The smallest absolute Gasteiger partial charge is 0.323 e. The third-order valence-corrected chi connectivity index (χ3v) is 4.22. The Labute approximate surface area is 151 Å². The Kier molecular flexibility index (Phi) is 5.43. The van der Waals surface area contributed by atoms with Crippen molar-refractivity contribution in [2.24, 2.45) is 0 Å². The van der Waals surface area contributed by atoms with Gasteiger partial charge in [-0.2, -0.15) is 0 Å². The first-order chi connectivity index (χ1) is 12.6. The molecule has 0 aromatic carbocycles. The zero-order valence-corrected chi connectivity index (χ0v) is 14.8. The van der Waals surface area contributed by atoms with Crippen molar-refractivity contribution in [1.82, 2.24) is 15.3 Å². The molecule has 1 aliphatic rings. The van der Waals surface area contributed by atoms with Gasteiger partial charge in [0.25, 0.3) is 5.91 Å². The Hall–Kier alpha value is -3.00. The molecule has 1 N–H and O–H groups in total. The number of ether oxygens (including phenoxy) is 1. The lowest BCUT2D eigenvalue weighted by Crippen LogP contribution is -2.57. The number of hydrogen-bond donors (Lipinski definition) is 1. The zero-order valence-electron chi connectivity index (χ0n) is 14.8. The van der Waals surface area contributed by atoms with E-state index in [1.54, 1.807) is 49.7 Å². The van der Waals surface area contributed by atoms with Crippen molar-refractivity contribution in [2.45, 2.75) is 19.5 Å². The van der Waals surface area contributed by atoms with Gasteiger partial charge in [0.1, 0.15) is 6.04 Å². The molecule has 0 spiro atoms. The van der Waals surface area contributed by atoms with Crippen molar-refractivity contribution < 1.29 is 14.3 Å². The molecular weight excluding hydrogens is 334 g/mol.